The third kappa shape index (κ3) is 6.16. The smallest absolute Gasteiger partial charge is 0.124 e. The quantitative estimate of drug-likeness (QED) is 0.510. The van der Waals surface area contributed by atoms with Gasteiger partial charge in [-0.15, -0.1) is 0 Å². The Balaban J connectivity index is 2.44. The van der Waals surface area contributed by atoms with Crippen molar-refractivity contribution < 1.29 is 19.3 Å². The maximum absolute atomic E-state index is 10.2. The monoisotopic (exact) mass is 295 g/mol. The molecule has 1 atom stereocenters. The molecule has 21 heavy (non-hydrogen) atoms. The van der Waals surface area contributed by atoms with Crippen molar-refractivity contribution in [3.8, 4) is 11.5 Å². The number of aliphatic hydroxyl groups is 1. The van der Waals surface area contributed by atoms with Crippen LogP contribution in [0.2, 0.25) is 0 Å². The predicted molar refractivity (Wildman–Crippen MR) is 83.0 cm³/mol. The molecule has 0 bridgehead atoms. The fourth-order valence-electron chi connectivity index (χ4n) is 1.84. The lowest BCUT2D eigenvalue weighted by Gasteiger charge is -2.16. The van der Waals surface area contributed by atoms with Gasteiger partial charge in [0.1, 0.15) is 11.5 Å². The van der Waals surface area contributed by atoms with Crippen molar-refractivity contribution in [3.63, 3.8) is 0 Å². The van der Waals surface area contributed by atoms with Gasteiger partial charge in [-0.05, 0) is 25.1 Å². The third-order valence-electron chi connectivity index (χ3n) is 2.91. The number of methoxy groups -OCH3 is 2. The molecule has 1 aromatic carbocycles. The molecule has 0 amide bonds. The summed E-state index contributed by atoms with van der Waals surface area (Å²) in [6.07, 6.45) is -0.670. The molecular weight excluding hydrogens is 270 g/mol. The van der Waals surface area contributed by atoms with Crippen molar-refractivity contribution in [1.82, 2.24) is 5.32 Å². The molecule has 5 heteroatoms. The third-order valence-corrected chi connectivity index (χ3v) is 2.91. The zero-order chi connectivity index (χ0) is 15.7. The number of aliphatic hydroxyl groups excluding tert-OH is 1. The number of hydrogen-bond donors (Lipinski definition) is 2. The lowest BCUT2D eigenvalue weighted by Crippen LogP contribution is -2.25. The van der Waals surface area contributed by atoms with Crippen LogP contribution in [0, 0.1) is 0 Å². The molecule has 1 unspecified atom stereocenters. The molecular formula is C16H25NO4. The van der Waals surface area contributed by atoms with Gasteiger partial charge in [0, 0.05) is 18.7 Å². The first-order valence-corrected chi connectivity index (χ1v) is 6.91. The molecule has 0 spiro atoms. The summed E-state index contributed by atoms with van der Waals surface area (Å²) in [5.74, 6) is 1.33. The van der Waals surface area contributed by atoms with Gasteiger partial charge in [0.25, 0.3) is 0 Å². The molecule has 0 aliphatic rings. The zero-order valence-corrected chi connectivity index (χ0v) is 13.0. The Bertz CT molecular complexity index is 448. The summed E-state index contributed by atoms with van der Waals surface area (Å²) < 4.78 is 15.8. The van der Waals surface area contributed by atoms with Gasteiger partial charge in [-0.3, -0.25) is 0 Å². The second-order valence-corrected chi connectivity index (χ2v) is 4.84. The van der Waals surface area contributed by atoms with Crippen molar-refractivity contribution >= 4 is 0 Å². The Morgan fingerprint density at radius 2 is 2.10 bits per heavy atom. The van der Waals surface area contributed by atoms with Crippen LogP contribution >= 0.6 is 0 Å². The Kier molecular flexibility index (Phi) is 7.82. The first kappa shape index (κ1) is 17.5. The fraction of sp³-hybridized carbons (Fsp3) is 0.500. The Morgan fingerprint density at radius 1 is 1.33 bits per heavy atom. The minimum atomic E-state index is -0.670. The van der Waals surface area contributed by atoms with Crippen LogP contribution in [0.3, 0.4) is 0 Å². The summed E-state index contributed by atoms with van der Waals surface area (Å²) in [6.45, 7) is 7.91. The minimum absolute atomic E-state index is 0.417. The van der Waals surface area contributed by atoms with Crippen molar-refractivity contribution in [2.45, 2.75) is 13.0 Å². The van der Waals surface area contributed by atoms with E-state index in [4.69, 9.17) is 14.2 Å². The summed E-state index contributed by atoms with van der Waals surface area (Å²) in [6, 6.07) is 5.37. The van der Waals surface area contributed by atoms with Crippen LogP contribution in [-0.2, 0) is 4.74 Å². The number of nitrogens with one attached hydrogen (secondary N) is 1. The average Bonchev–Trinajstić information content (AvgIpc) is 2.49. The molecule has 0 saturated heterocycles. The van der Waals surface area contributed by atoms with E-state index in [1.54, 1.807) is 32.4 Å². The molecule has 0 saturated carbocycles. The number of benzene rings is 1. The van der Waals surface area contributed by atoms with Crippen molar-refractivity contribution in [1.29, 1.82) is 0 Å². The second-order valence-electron chi connectivity index (χ2n) is 4.84. The molecule has 0 aliphatic carbocycles. The van der Waals surface area contributed by atoms with Gasteiger partial charge in [0.15, 0.2) is 0 Å². The van der Waals surface area contributed by atoms with E-state index in [9.17, 15) is 5.11 Å². The summed E-state index contributed by atoms with van der Waals surface area (Å²) in [7, 11) is 3.17. The van der Waals surface area contributed by atoms with Crippen LogP contribution in [0.15, 0.2) is 30.4 Å². The summed E-state index contributed by atoms with van der Waals surface area (Å²) >= 11 is 0. The molecule has 0 heterocycles. The Labute approximate surface area is 126 Å². The highest BCUT2D eigenvalue weighted by molar-refractivity contribution is 5.41. The Hall–Kier alpha value is -1.56. The van der Waals surface area contributed by atoms with E-state index in [0.717, 1.165) is 5.57 Å². The Morgan fingerprint density at radius 3 is 2.71 bits per heavy atom. The SMILES string of the molecule is C=C(C)COCCNCC(O)c1cc(OC)ccc1OC. The van der Waals surface area contributed by atoms with Crippen LogP contribution < -0.4 is 14.8 Å². The van der Waals surface area contributed by atoms with Gasteiger partial charge < -0.3 is 24.6 Å². The average molecular weight is 295 g/mol. The van der Waals surface area contributed by atoms with Gasteiger partial charge in [-0.2, -0.15) is 0 Å². The first-order chi connectivity index (χ1) is 10.1. The van der Waals surface area contributed by atoms with Crippen LogP contribution in [0.4, 0.5) is 0 Å². The highest BCUT2D eigenvalue weighted by Gasteiger charge is 2.14. The van der Waals surface area contributed by atoms with Crippen molar-refractivity contribution in [2.75, 3.05) is 40.5 Å². The van der Waals surface area contributed by atoms with E-state index in [2.05, 4.69) is 11.9 Å². The largest absolute Gasteiger partial charge is 0.497 e. The molecule has 5 nitrogen and oxygen atoms in total. The molecule has 2 N–H and O–H groups in total. The summed E-state index contributed by atoms with van der Waals surface area (Å²) in [5.41, 5.74) is 1.70. The van der Waals surface area contributed by atoms with Crippen molar-refractivity contribution in [3.05, 3.63) is 35.9 Å². The predicted octanol–water partition coefficient (Wildman–Crippen LogP) is 1.92. The summed E-state index contributed by atoms with van der Waals surface area (Å²) in [5, 5.41) is 13.4. The van der Waals surface area contributed by atoms with E-state index in [1.165, 1.54) is 0 Å². The highest BCUT2D eigenvalue weighted by atomic mass is 16.5. The molecule has 0 fully saturated rings. The second kappa shape index (κ2) is 9.39. The van der Waals surface area contributed by atoms with Gasteiger partial charge in [0.05, 0.1) is 33.5 Å². The normalized spacial score (nSPS) is 12.0. The zero-order valence-electron chi connectivity index (χ0n) is 13.0. The van der Waals surface area contributed by atoms with E-state index in [1.807, 2.05) is 6.92 Å². The van der Waals surface area contributed by atoms with Gasteiger partial charge in [-0.25, -0.2) is 0 Å². The maximum Gasteiger partial charge on any atom is 0.124 e. The van der Waals surface area contributed by atoms with Crippen molar-refractivity contribution in [2.24, 2.45) is 0 Å². The highest BCUT2D eigenvalue weighted by Crippen LogP contribution is 2.28. The van der Waals surface area contributed by atoms with Gasteiger partial charge in [-0.1, -0.05) is 12.2 Å². The standard InChI is InChI=1S/C16H25NO4/c1-12(2)11-21-8-7-17-10-15(18)14-9-13(19-3)5-6-16(14)20-4/h5-6,9,15,17-18H,1,7-8,10-11H2,2-4H3. The molecule has 118 valence electrons. The van der Waals surface area contributed by atoms with Crippen LogP contribution in [0.25, 0.3) is 0 Å². The fourth-order valence-corrected chi connectivity index (χ4v) is 1.84. The topological polar surface area (TPSA) is 60.0 Å². The van der Waals surface area contributed by atoms with Crippen LogP contribution in [-0.4, -0.2) is 45.6 Å². The van der Waals surface area contributed by atoms with Crippen LogP contribution in [0.5, 0.6) is 11.5 Å². The van der Waals surface area contributed by atoms with Gasteiger partial charge >= 0.3 is 0 Å². The van der Waals surface area contributed by atoms with E-state index < -0.39 is 6.10 Å². The lowest BCUT2D eigenvalue weighted by atomic mass is 10.1. The summed E-state index contributed by atoms with van der Waals surface area (Å²) in [4.78, 5) is 0. The molecule has 0 radical (unpaired) electrons. The number of ether oxygens (including phenoxy) is 3. The molecule has 0 aliphatic heterocycles. The number of rotatable bonds is 10. The van der Waals surface area contributed by atoms with E-state index in [0.29, 0.717) is 43.4 Å². The maximum atomic E-state index is 10.2. The first-order valence-electron chi connectivity index (χ1n) is 6.91. The minimum Gasteiger partial charge on any atom is -0.497 e. The van der Waals surface area contributed by atoms with E-state index in [-0.39, 0.29) is 0 Å². The van der Waals surface area contributed by atoms with Crippen LogP contribution in [0.1, 0.15) is 18.6 Å². The molecule has 0 aromatic heterocycles. The molecule has 1 rings (SSSR count). The number of hydrogen-bond acceptors (Lipinski definition) is 5. The molecule has 1 aromatic rings. The lowest BCUT2D eigenvalue weighted by molar-refractivity contribution is 0.142. The van der Waals surface area contributed by atoms with Gasteiger partial charge in [0.2, 0.25) is 0 Å². The van der Waals surface area contributed by atoms with E-state index >= 15 is 0 Å².